The molecule has 4 rings (SSSR count). The van der Waals surface area contributed by atoms with Crippen molar-refractivity contribution >= 4 is 6.08 Å². The number of hydrogen-bond donors (Lipinski definition) is 0. The number of pyridine rings is 1. The molecule has 0 bridgehead atoms. The van der Waals surface area contributed by atoms with Crippen LogP contribution in [0.2, 0.25) is 0 Å². The summed E-state index contributed by atoms with van der Waals surface area (Å²) in [6, 6.07) is 30.7. The van der Waals surface area contributed by atoms with Crippen molar-refractivity contribution in [3.63, 3.8) is 0 Å². The summed E-state index contributed by atoms with van der Waals surface area (Å²) in [5.41, 5.74) is 10.6. The van der Waals surface area contributed by atoms with Gasteiger partial charge < -0.3 is 0 Å². The molecule has 0 spiro atoms. The fraction of sp³-hybridized carbons (Fsp3) is 0.242. The second-order valence-corrected chi connectivity index (χ2v) is 10.1. The Morgan fingerprint density at radius 1 is 0.706 bits per heavy atom. The molecule has 1 nitrogen and oxygen atoms in total. The summed E-state index contributed by atoms with van der Waals surface area (Å²) < 4.78 is 0. The molecule has 0 amide bonds. The Balaban J connectivity index is 1.78. The monoisotopic (exact) mass is 445 g/mol. The van der Waals surface area contributed by atoms with Crippen LogP contribution in [0.4, 0.5) is 0 Å². The number of nitrogens with zero attached hydrogens (tertiary/aromatic N) is 1. The van der Waals surface area contributed by atoms with Crippen LogP contribution in [0.3, 0.4) is 0 Å². The first kappa shape index (κ1) is 23.7. The van der Waals surface area contributed by atoms with Gasteiger partial charge in [0.25, 0.3) is 0 Å². The van der Waals surface area contributed by atoms with Crippen LogP contribution in [0.5, 0.6) is 0 Å². The van der Waals surface area contributed by atoms with Crippen LogP contribution in [-0.2, 0) is 11.8 Å². The van der Waals surface area contributed by atoms with Crippen LogP contribution in [0, 0.1) is 0 Å². The standard InChI is InChI=1S/C33H35N/c1-6-8-9-25-12-16-27(17-13-25)31-22-29(26-14-10-24(7-2)11-15-26)23-32(34-31)28-18-20-30(21-19-28)33(3,4)5/h7,10-23H,2,6,8-9H2,1,3-5H3. The van der Waals surface area contributed by atoms with Gasteiger partial charge in [0, 0.05) is 11.1 Å². The average Bonchev–Trinajstić information content (AvgIpc) is 2.87. The molecule has 34 heavy (non-hydrogen) atoms. The van der Waals surface area contributed by atoms with Crippen molar-refractivity contribution in [3.8, 4) is 33.6 Å². The molecule has 0 fully saturated rings. The molecule has 0 unspecified atom stereocenters. The molecule has 0 aliphatic carbocycles. The van der Waals surface area contributed by atoms with Gasteiger partial charge >= 0.3 is 0 Å². The first-order chi connectivity index (χ1) is 16.4. The van der Waals surface area contributed by atoms with Gasteiger partial charge in [0.1, 0.15) is 0 Å². The van der Waals surface area contributed by atoms with Crippen LogP contribution in [0.25, 0.3) is 39.7 Å². The van der Waals surface area contributed by atoms with Gasteiger partial charge in [0.15, 0.2) is 0 Å². The minimum atomic E-state index is 0.130. The SMILES string of the molecule is C=Cc1ccc(-c2cc(-c3ccc(CCCC)cc3)nc(-c3ccc(C(C)(C)C)cc3)c2)cc1. The third kappa shape index (κ3) is 5.54. The predicted octanol–water partition coefficient (Wildman–Crippen LogP) is 9.37. The Kier molecular flexibility index (Phi) is 7.12. The number of hydrogen-bond acceptors (Lipinski definition) is 1. The molecule has 3 aromatic carbocycles. The third-order valence-corrected chi connectivity index (χ3v) is 6.42. The van der Waals surface area contributed by atoms with Gasteiger partial charge in [-0.1, -0.05) is 120 Å². The van der Waals surface area contributed by atoms with E-state index in [1.54, 1.807) is 0 Å². The Bertz CT molecular complexity index is 1240. The molecule has 0 saturated carbocycles. The van der Waals surface area contributed by atoms with E-state index in [9.17, 15) is 0 Å². The molecule has 1 heteroatoms. The molecule has 1 heterocycles. The molecule has 0 saturated heterocycles. The molecular weight excluding hydrogens is 410 g/mol. The summed E-state index contributed by atoms with van der Waals surface area (Å²) in [7, 11) is 0. The van der Waals surface area contributed by atoms with E-state index >= 15 is 0 Å². The van der Waals surface area contributed by atoms with Crippen molar-refractivity contribution in [2.24, 2.45) is 0 Å². The van der Waals surface area contributed by atoms with E-state index in [0.29, 0.717) is 0 Å². The molecule has 0 N–H and O–H groups in total. The highest BCUT2D eigenvalue weighted by atomic mass is 14.7. The van der Waals surface area contributed by atoms with Crippen molar-refractivity contribution in [2.75, 3.05) is 0 Å². The zero-order valence-corrected chi connectivity index (χ0v) is 20.9. The largest absolute Gasteiger partial charge is 0.248 e. The summed E-state index contributed by atoms with van der Waals surface area (Å²) in [5, 5.41) is 0. The van der Waals surface area contributed by atoms with Crippen molar-refractivity contribution < 1.29 is 0 Å². The zero-order chi connectivity index (χ0) is 24.1. The Hall–Kier alpha value is -3.45. The highest BCUT2D eigenvalue weighted by Crippen LogP contribution is 2.32. The topological polar surface area (TPSA) is 12.9 Å². The lowest BCUT2D eigenvalue weighted by Crippen LogP contribution is -2.10. The number of aryl methyl sites for hydroxylation is 1. The summed E-state index contributed by atoms with van der Waals surface area (Å²) in [6.07, 6.45) is 5.45. The van der Waals surface area contributed by atoms with Crippen molar-refractivity contribution in [1.82, 2.24) is 4.98 Å². The second kappa shape index (κ2) is 10.2. The van der Waals surface area contributed by atoms with Gasteiger partial charge in [0.05, 0.1) is 11.4 Å². The number of benzene rings is 3. The van der Waals surface area contributed by atoms with E-state index in [1.165, 1.54) is 35.1 Å². The zero-order valence-electron chi connectivity index (χ0n) is 20.9. The summed E-state index contributed by atoms with van der Waals surface area (Å²) in [5.74, 6) is 0. The molecule has 1 aromatic heterocycles. The highest BCUT2D eigenvalue weighted by molar-refractivity contribution is 5.77. The smallest absolute Gasteiger partial charge is 0.0715 e. The number of aromatic nitrogens is 1. The van der Waals surface area contributed by atoms with Gasteiger partial charge in [-0.05, 0) is 58.2 Å². The maximum atomic E-state index is 5.10. The summed E-state index contributed by atoms with van der Waals surface area (Å²) in [6.45, 7) is 12.9. The van der Waals surface area contributed by atoms with Gasteiger partial charge in [0.2, 0.25) is 0 Å². The van der Waals surface area contributed by atoms with E-state index in [1.807, 2.05) is 6.08 Å². The molecule has 172 valence electrons. The van der Waals surface area contributed by atoms with Crippen molar-refractivity contribution in [3.05, 3.63) is 108 Å². The van der Waals surface area contributed by atoms with Crippen molar-refractivity contribution in [2.45, 2.75) is 52.4 Å². The van der Waals surface area contributed by atoms with Gasteiger partial charge in [-0.3, -0.25) is 0 Å². The Labute approximate surface area is 205 Å². The first-order valence-electron chi connectivity index (χ1n) is 12.3. The lowest BCUT2D eigenvalue weighted by Gasteiger charge is -2.19. The minimum absolute atomic E-state index is 0.130. The van der Waals surface area contributed by atoms with Crippen LogP contribution in [-0.4, -0.2) is 4.98 Å². The summed E-state index contributed by atoms with van der Waals surface area (Å²) in [4.78, 5) is 5.10. The molecule has 0 atom stereocenters. The normalized spacial score (nSPS) is 11.4. The van der Waals surface area contributed by atoms with Crippen molar-refractivity contribution in [1.29, 1.82) is 0 Å². The van der Waals surface area contributed by atoms with Crippen LogP contribution >= 0.6 is 0 Å². The van der Waals surface area contributed by atoms with E-state index in [-0.39, 0.29) is 5.41 Å². The minimum Gasteiger partial charge on any atom is -0.248 e. The molecule has 4 aromatic rings. The average molecular weight is 446 g/mol. The van der Waals surface area contributed by atoms with Gasteiger partial charge in [-0.2, -0.15) is 0 Å². The van der Waals surface area contributed by atoms with Gasteiger partial charge in [-0.15, -0.1) is 0 Å². The van der Waals surface area contributed by atoms with E-state index in [0.717, 1.165) is 34.5 Å². The fourth-order valence-electron chi connectivity index (χ4n) is 4.17. The van der Waals surface area contributed by atoms with Gasteiger partial charge in [-0.25, -0.2) is 4.98 Å². The molecular formula is C33H35N. The van der Waals surface area contributed by atoms with Crippen LogP contribution in [0.1, 0.15) is 57.2 Å². The Morgan fingerprint density at radius 2 is 1.24 bits per heavy atom. The predicted molar refractivity (Wildman–Crippen MR) is 148 cm³/mol. The Morgan fingerprint density at radius 3 is 1.74 bits per heavy atom. The van der Waals surface area contributed by atoms with E-state index in [4.69, 9.17) is 4.98 Å². The molecule has 0 aliphatic rings. The first-order valence-corrected chi connectivity index (χ1v) is 12.3. The quantitative estimate of drug-likeness (QED) is 0.276. The van der Waals surface area contributed by atoms with Crippen LogP contribution in [0.15, 0.2) is 91.5 Å². The summed E-state index contributed by atoms with van der Waals surface area (Å²) >= 11 is 0. The molecule has 0 radical (unpaired) electrons. The fourth-order valence-corrected chi connectivity index (χ4v) is 4.17. The lowest BCUT2D eigenvalue weighted by atomic mass is 9.86. The number of unbranched alkanes of at least 4 members (excludes halogenated alkanes) is 1. The maximum Gasteiger partial charge on any atom is 0.0715 e. The van der Waals surface area contributed by atoms with E-state index < -0.39 is 0 Å². The molecule has 0 aliphatic heterocycles. The lowest BCUT2D eigenvalue weighted by molar-refractivity contribution is 0.590. The maximum absolute atomic E-state index is 5.10. The second-order valence-electron chi connectivity index (χ2n) is 10.1. The van der Waals surface area contributed by atoms with Crippen LogP contribution < -0.4 is 0 Å². The number of rotatable bonds is 7. The van der Waals surface area contributed by atoms with E-state index in [2.05, 4.69) is 119 Å². The third-order valence-electron chi connectivity index (χ3n) is 6.42. The highest BCUT2D eigenvalue weighted by Gasteiger charge is 2.14.